The summed E-state index contributed by atoms with van der Waals surface area (Å²) in [6.45, 7) is 0. The Kier molecular flexibility index (Phi) is 4.07. The van der Waals surface area contributed by atoms with Gasteiger partial charge in [0.1, 0.15) is 5.75 Å². The van der Waals surface area contributed by atoms with Crippen LogP contribution in [0.1, 0.15) is 10.5 Å². The Morgan fingerprint density at radius 2 is 1.83 bits per heavy atom. The van der Waals surface area contributed by atoms with Crippen molar-refractivity contribution in [3.63, 3.8) is 0 Å². The summed E-state index contributed by atoms with van der Waals surface area (Å²) in [6.07, 6.45) is 0. The maximum absolute atomic E-state index is 11.8. The molecule has 23 heavy (non-hydrogen) atoms. The number of hydrogen-bond acceptors (Lipinski definition) is 4. The van der Waals surface area contributed by atoms with Crippen molar-refractivity contribution in [1.82, 2.24) is 15.2 Å². The van der Waals surface area contributed by atoms with E-state index in [1.807, 2.05) is 54.6 Å². The first-order chi connectivity index (χ1) is 11.2. The minimum atomic E-state index is -0.436. The second-order valence-corrected chi connectivity index (χ2v) is 4.86. The molecule has 6 nitrogen and oxygen atoms in total. The fourth-order valence-electron chi connectivity index (χ4n) is 2.30. The van der Waals surface area contributed by atoms with Crippen LogP contribution < -0.4 is 16.0 Å². The number of carbonyl (C=O) groups excluding carboxylic acids is 1. The van der Waals surface area contributed by atoms with Crippen LogP contribution in [0.25, 0.3) is 16.9 Å². The van der Waals surface area contributed by atoms with Crippen molar-refractivity contribution in [2.75, 3.05) is 7.11 Å². The maximum Gasteiger partial charge on any atom is 0.285 e. The Bertz CT molecular complexity index is 810. The van der Waals surface area contributed by atoms with E-state index in [-0.39, 0.29) is 5.69 Å². The van der Waals surface area contributed by atoms with E-state index in [0.717, 1.165) is 22.7 Å². The van der Waals surface area contributed by atoms with Gasteiger partial charge in [0.15, 0.2) is 5.69 Å². The fourth-order valence-corrected chi connectivity index (χ4v) is 2.30. The second-order valence-electron chi connectivity index (χ2n) is 4.86. The lowest BCUT2D eigenvalue weighted by atomic mass is 10.1. The molecule has 1 aromatic heterocycles. The Labute approximate surface area is 133 Å². The zero-order valence-electron chi connectivity index (χ0n) is 12.6. The predicted octanol–water partition coefficient (Wildman–Crippen LogP) is 2.15. The highest BCUT2D eigenvalue weighted by Crippen LogP contribution is 2.26. The third kappa shape index (κ3) is 2.93. The minimum absolute atomic E-state index is 0.252. The number of benzene rings is 2. The number of nitrogens with one attached hydrogen (secondary N) is 1. The predicted molar refractivity (Wildman–Crippen MR) is 87.2 cm³/mol. The molecular formula is C17H16N4O2. The summed E-state index contributed by atoms with van der Waals surface area (Å²) in [4.78, 5) is 11.8. The molecule has 2 aromatic carbocycles. The molecule has 3 N–H and O–H groups in total. The van der Waals surface area contributed by atoms with Crippen molar-refractivity contribution < 1.29 is 9.53 Å². The van der Waals surface area contributed by atoms with Gasteiger partial charge in [-0.1, -0.05) is 18.2 Å². The van der Waals surface area contributed by atoms with Gasteiger partial charge in [-0.15, -0.1) is 0 Å². The summed E-state index contributed by atoms with van der Waals surface area (Å²) in [6, 6.07) is 18.9. The number of rotatable bonds is 4. The molecule has 0 saturated carbocycles. The number of methoxy groups -OCH3 is 1. The molecule has 0 bridgehead atoms. The van der Waals surface area contributed by atoms with Crippen LogP contribution in [0.15, 0.2) is 60.7 Å². The molecule has 0 saturated heterocycles. The van der Waals surface area contributed by atoms with Crippen LogP contribution in [0.3, 0.4) is 0 Å². The van der Waals surface area contributed by atoms with Crippen LogP contribution in [0, 0.1) is 0 Å². The van der Waals surface area contributed by atoms with Gasteiger partial charge < -0.3 is 4.74 Å². The normalized spacial score (nSPS) is 10.3. The van der Waals surface area contributed by atoms with Crippen LogP contribution in [0.5, 0.6) is 5.75 Å². The molecule has 0 spiro atoms. The first kappa shape index (κ1) is 14.8. The molecule has 0 atom stereocenters. The number of hydrogen-bond donors (Lipinski definition) is 2. The monoisotopic (exact) mass is 308 g/mol. The van der Waals surface area contributed by atoms with Crippen molar-refractivity contribution in [3.8, 4) is 22.7 Å². The molecule has 3 aromatic rings. The SMILES string of the molecule is COc1ccc(-c2cc(C(=O)NN)nn2-c2ccccc2)cc1. The number of hydrazine groups is 1. The van der Waals surface area contributed by atoms with Gasteiger partial charge in [0.2, 0.25) is 0 Å². The topological polar surface area (TPSA) is 82.2 Å². The van der Waals surface area contributed by atoms with Gasteiger partial charge in [-0.3, -0.25) is 10.2 Å². The van der Waals surface area contributed by atoms with Crippen molar-refractivity contribution in [2.24, 2.45) is 5.84 Å². The number of aromatic nitrogens is 2. The number of nitrogens with two attached hydrogens (primary N) is 1. The highest BCUT2D eigenvalue weighted by atomic mass is 16.5. The largest absolute Gasteiger partial charge is 0.497 e. The van der Waals surface area contributed by atoms with Crippen LogP contribution in [-0.4, -0.2) is 22.8 Å². The second kappa shape index (κ2) is 6.33. The van der Waals surface area contributed by atoms with Gasteiger partial charge in [0.05, 0.1) is 18.5 Å². The van der Waals surface area contributed by atoms with Crippen LogP contribution in [0.2, 0.25) is 0 Å². The third-order valence-electron chi connectivity index (χ3n) is 3.46. The number of amides is 1. The Morgan fingerprint density at radius 1 is 1.13 bits per heavy atom. The molecule has 6 heteroatoms. The molecule has 3 rings (SSSR count). The van der Waals surface area contributed by atoms with E-state index in [9.17, 15) is 4.79 Å². The lowest BCUT2D eigenvalue weighted by Crippen LogP contribution is -2.30. The van der Waals surface area contributed by atoms with Gasteiger partial charge in [0.25, 0.3) is 5.91 Å². The van der Waals surface area contributed by atoms with Crippen molar-refractivity contribution >= 4 is 5.91 Å². The zero-order chi connectivity index (χ0) is 16.2. The van der Waals surface area contributed by atoms with Gasteiger partial charge in [0, 0.05) is 5.56 Å². The average Bonchev–Trinajstić information content (AvgIpc) is 3.07. The maximum atomic E-state index is 11.8. The molecule has 0 unspecified atom stereocenters. The van der Waals surface area contributed by atoms with E-state index < -0.39 is 5.91 Å². The highest BCUT2D eigenvalue weighted by molar-refractivity contribution is 5.93. The molecular weight excluding hydrogens is 292 g/mol. The van der Waals surface area contributed by atoms with Crippen molar-refractivity contribution in [3.05, 3.63) is 66.4 Å². The van der Waals surface area contributed by atoms with Gasteiger partial charge in [-0.25, -0.2) is 10.5 Å². The first-order valence-corrected chi connectivity index (χ1v) is 7.04. The summed E-state index contributed by atoms with van der Waals surface area (Å²) >= 11 is 0. The summed E-state index contributed by atoms with van der Waals surface area (Å²) in [5.74, 6) is 5.54. The third-order valence-corrected chi connectivity index (χ3v) is 3.46. The number of carbonyl (C=O) groups is 1. The molecule has 0 aliphatic heterocycles. The minimum Gasteiger partial charge on any atom is -0.497 e. The molecule has 0 aliphatic rings. The fraction of sp³-hybridized carbons (Fsp3) is 0.0588. The lowest BCUT2D eigenvalue weighted by molar-refractivity contribution is 0.0948. The van der Waals surface area contributed by atoms with Crippen molar-refractivity contribution in [1.29, 1.82) is 0 Å². The summed E-state index contributed by atoms with van der Waals surface area (Å²) in [5, 5.41) is 4.36. The molecule has 1 heterocycles. The van der Waals surface area contributed by atoms with Crippen LogP contribution in [-0.2, 0) is 0 Å². The van der Waals surface area contributed by atoms with E-state index in [2.05, 4.69) is 10.5 Å². The Hall–Kier alpha value is -3.12. The van der Waals surface area contributed by atoms with E-state index in [1.54, 1.807) is 17.9 Å². The zero-order valence-corrected chi connectivity index (χ0v) is 12.6. The van der Waals surface area contributed by atoms with Crippen LogP contribution in [0.4, 0.5) is 0 Å². The molecule has 1 amide bonds. The number of nitrogen functional groups attached to an aromatic ring is 1. The number of ether oxygens (including phenoxy) is 1. The summed E-state index contributed by atoms with van der Waals surface area (Å²) < 4.78 is 6.89. The van der Waals surface area contributed by atoms with E-state index in [1.165, 1.54) is 0 Å². The first-order valence-electron chi connectivity index (χ1n) is 7.04. The molecule has 116 valence electrons. The molecule has 0 radical (unpaired) electrons. The average molecular weight is 308 g/mol. The quantitative estimate of drug-likeness (QED) is 0.439. The lowest BCUT2D eigenvalue weighted by Gasteiger charge is -2.08. The van der Waals surface area contributed by atoms with Gasteiger partial charge in [-0.05, 0) is 42.5 Å². The highest BCUT2D eigenvalue weighted by Gasteiger charge is 2.16. The van der Waals surface area contributed by atoms with E-state index in [0.29, 0.717) is 0 Å². The molecule has 0 aliphatic carbocycles. The number of nitrogens with zero attached hydrogens (tertiary/aromatic N) is 2. The standard InChI is InChI=1S/C17H16N4O2/c1-23-14-9-7-12(8-10-14)16-11-15(17(22)19-18)20-21(16)13-5-3-2-4-6-13/h2-11H,18H2,1H3,(H,19,22). The van der Waals surface area contributed by atoms with Gasteiger partial charge in [-0.2, -0.15) is 5.10 Å². The Balaban J connectivity index is 2.13. The van der Waals surface area contributed by atoms with E-state index >= 15 is 0 Å². The van der Waals surface area contributed by atoms with Gasteiger partial charge >= 0.3 is 0 Å². The van der Waals surface area contributed by atoms with Crippen molar-refractivity contribution in [2.45, 2.75) is 0 Å². The molecule has 0 fully saturated rings. The Morgan fingerprint density at radius 3 is 2.43 bits per heavy atom. The number of para-hydroxylation sites is 1. The van der Waals surface area contributed by atoms with E-state index in [4.69, 9.17) is 10.6 Å². The summed E-state index contributed by atoms with van der Waals surface area (Å²) in [7, 11) is 1.62. The summed E-state index contributed by atoms with van der Waals surface area (Å²) in [5.41, 5.74) is 4.92. The smallest absolute Gasteiger partial charge is 0.285 e. The van der Waals surface area contributed by atoms with Crippen LogP contribution >= 0.6 is 0 Å².